The van der Waals surface area contributed by atoms with Crippen LogP contribution >= 0.6 is 11.6 Å². The van der Waals surface area contributed by atoms with Crippen LogP contribution in [-0.2, 0) is 21.2 Å². The predicted molar refractivity (Wildman–Crippen MR) is 121 cm³/mol. The highest BCUT2D eigenvalue weighted by atomic mass is 35.5. The fraction of sp³-hybridized carbons (Fsp3) is 0.478. The van der Waals surface area contributed by atoms with Crippen LogP contribution in [0, 0.1) is 19.8 Å². The topological polar surface area (TPSA) is 92.9 Å². The Morgan fingerprint density at radius 2 is 1.90 bits per heavy atom. The van der Waals surface area contributed by atoms with E-state index in [2.05, 4.69) is 0 Å². The van der Waals surface area contributed by atoms with Crippen LogP contribution in [0.5, 0.6) is 5.75 Å². The number of nitrogens with zero attached hydrogens (tertiary/aromatic N) is 1. The highest BCUT2D eigenvalue weighted by Crippen LogP contribution is 2.40. The van der Waals surface area contributed by atoms with Crippen LogP contribution in [0.4, 0.5) is 0 Å². The summed E-state index contributed by atoms with van der Waals surface area (Å²) in [6, 6.07) is 8.89. The van der Waals surface area contributed by atoms with Gasteiger partial charge in [-0.3, -0.25) is 0 Å². The molecule has 2 heterocycles. The normalized spacial score (nSPS) is 23.0. The van der Waals surface area contributed by atoms with Crippen molar-refractivity contribution in [3.8, 4) is 5.75 Å². The minimum Gasteiger partial charge on any atom is -0.507 e. The second kappa shape index (κ2) is 8.71. The first-order chi connectivity index (χ1) is 14.7. The van der Waals surface area contributed by atoms with Crippen LogP contribution in [0.25, 0.3) is 0 Å². The molecule has 2 aromatic carbocycles. The number of piperidine rings is 1. The molecule has 0 aliphatic carbocycles. The molecule has 168 valence electrons. The van der Waals surface area contributed by atoms with E-state index in [1.807, 2.05) is 26.0 Å². The SMILES string of the molecule is Cc1ccc(S(=O)(=O)N2CCC(C3Cc4c(ccc(C)c4O)C(CN)O3)CC2)c(Cl)c1. The van der Waals surface area contributed by atoms with Gasteiger partial charge in [-0.1, -0.05) is 29.8 Å². The number of fused-ring (bicyclic) bond motifs is 1. The van der Waals surface area contributed by atoms with E-state index in [9.17, 15) is 13.5 Å². The molecule has 4 rings (SSSR count). The number of aromatic hydroxyl groups is 1. The molecule has 6 nitrogen and oxygen atoms in total. The van der Waals surface area contributed by atoms with E-state index in [1.165, 1.54) is 4.31 Å². The molecule has 8 heteroatoms. The standard InChI is InChI=1S/C23H29ClN2O4S/c1-14-3-6-22(19(24)11-14)31(28,29)26-9-7-16(8-10-26)20-12-18-17(21(13-25)30-20)5-4-15(2)23(18)27/h3-6,11,16,20-21,27H,7-10,12-13,25H2,1-2H3. The minimum absolute atomic E-state index is 0.0958. The highest BCUT2D eigenvalue weighted by Gasteiger charge is 2.38. The van der Waals surface area contributed by atoms with Crippen molar-refractivity contribution in [1.29, 1.82) is 0 Å². The molecule has 1 saturated heterocycles. The summed E-state index contributed by atoms with van der Waals surface area (Å²) in [7, 11) is -3.64. The molecular formula is C23H29ClN2O4S. The van der Waals surface area contributed by atoms with Gasteiger partial charge in [0, 0.05) is 31.6 Å². The summed E-state index contributed by atoms with van der Waals surface area (Å²) < 4.78 is 34.0. The van der Waals surface area contributed by atoms with Gasteiger partial charge in [-0.2, -0.15) is 4.31 Å². The lowest BCUT2D eigenvalue weighted by atomic mass is 9.83. The molecule has 0 radical (unpaired) electrons. The van der Waals surface area contributed by atoms with Crippen molar-refractivity contribution in [1.82, 2.24) is 4.31 Å². The van der Waals surface area contributed by atoms with Crippen molar-refractivity contribution in [2.45, 2.75) is 50.2 Å². The number of phenols is 1. The van der Waals surface area contributed by atoms with Crippen LogP contribution in [0.1, 0.15) is 41.2 Å². The Balaban J connectivity index is 1.49. The van der Waals surface area contributed by atoms with Crippen LogP contribution in [0.15, 0.2) is 35.2 Å². The summed E-state index contributed by atoms with van der Waals surface area (Å²) in [4.78, 5) is 0.157. The lowest BCUT2D eigenvalue weighted by Gasteiger charge is -2.40. The summed E-state index contributed by atoms with van der Waals surface area (Å²) >= 11 is 6.23. The number of aryl methyl sites for hydroxylation is 2. The Bertz CT molecular complexity index is 1080. The van der Waals surface area contributed by atoms with Gasteiger partial charge >= 0.3 is 0 Å². The van der Waals surface area contributed by atoms with Gasteiger partial charge in [-0.25, -0.2) is 8.42 Å². The van der Waals surface area contributed by atoms with E-state index in [0.717, 1.165) is 22.3 Å². The van der Waals surface area contributed by atoms with Crippen molar-refractivity contribution in [3.63, 3.8) is 0 Å². The second-order valence-electron chi connectivity index (χ2n) is 8.58. The largest absolute Gasteiger partial charge is 0.507 e. The summed E-state index contributed by atoms with van der Waals surface area (Å²) in [5, 5.41) is 10.9. The Hall–Kier alpha value is -1.64. The quantitative estimate of drug-likeness (QED) is 0.719. The van der Waals surface area contributed by atoms with Gasteiger partial charge in [0.05, 0.1) is 17.2 Å². The van der Waals surface area contributed by atoms with Crippen molar-refractivity contribution in [2.75, 3.05) is 19.6 Å². The number of rotatable bonds is 4. The third kappa shape index (κ3) is 4.22. The van der Waals surface area contributed by atoms with E-state index in [1.54, 1.807) is 18.2 Å². The Labute approximate surface area is 189 Å². The van der Waals surface area contributed by atoms with Crippen LogP contribution in [0.3, 0.4) is 0 Å². The van der Waals surface area contributed by atoms with Gasteiger partial charge in [-0.15, -0.1) is 0 Å². The molecule has 31 heavy (non-hydrogen) atoms. The summed E-state index contributed by atoms with van der Waals surface area (Å²) in [6.07, 6.45) is 1.63. The van der Waals surface area contributed by atoms with Gasteiger partial charge in [0.15, 0.2) is 0 Å². The lowest BCUT2D eigenvalue weighted by molar-refractivity contribution is -0.0612. The number of hydrogen-bond donors (Lipinski definition) is 2. The van der Waals surface area contributed by atoms with Crippen molar-refractivity contribution < 1.29 is 18.3 Å². The number of halogens is 1. The fourth-order valence-electron chi connectivity index (χ4n) is 4.72. The average molecular weight is 465 g/mol. The number of benzene rings is 2. The molecule has 0 amide bonds. The van der Waals surface area contributed by atoms with Crippen molar-refractivity contribution in [2.24, 2.45) is 11.7 Å². The molecule has 2 aliphatic heterocycles. The maximum atomic E-state index is 13.1. The molecule has 0 bridgehead atoms. The molecule has 2 aliphatic rings. The molecular weight excluding hydrogens is 436 g/mol. The lowest BCUT2D eigenvalue weighted by Crippen LogP contribution is -2.44. The molecule has 1 fully saturated rings. The van der Waals surface area contributed by atoms with Gasteiger partial charge in [0.25, 0.3) is 0 Å². The number of hydrogen-bond acceptors (Lipinski definition) is 5. The molecule has 0 saturated carbocycles. The second-order valence-corrected chi connectivity index (χ2v) is 10.9. The predicted octanol–water partition coefficient (Wildman–Crippen LogP) is 3.70. The molecule has 3 N–H and O–H groups in total. The Morgan fingerprint density at radius 1 is 1.19 bits per heavy atom. The van der Waals surface area contributed by atoms with Gasteiger partial charge in [0.2, 0.25) is 10.0 Å². The van der Waals surface area contributed by atoms with Gasteiger partial charge < -0.3 is 15.6 Å². The third-order valence-electron chi connectivity index (χ3n) is 6.56. The van der Waals surface area contributed by atoms with Crippen molar-refractivity contribution >= 4 is 21.6 Å². The maximum Gasteiger partial charge on any atom is 0.244 e. The van der Waals surface area contributed by atoms with E-state index < -0.39 is 10.0 Å². The molecule has 2 atom stereocenters. The Kier molecular flexibility index (Phi) is 6.34. The van der Waals surface area contributed by atoms with E-state index in [-0.39, 0.29) is 28.0 Å². The highest BCUT2D eigenvalue weighted by molar-refractivity contribution is 7.89. The summed E-state index contributed by atoms with van der Waals surface area (Å²) in [5.74, 6) is 0.514. The first kappa shape index (κ1) is 22.6. The minimum atomic E-state index is -3.64. The number of ether oxygens (including phenoxy) is 1. The molecule has 2 unspecified atom stereocenters. The average Bonchev–Trinajstić information content (AvgIpc) is 2.75. The molecule has 2 aromatic rings. The number of nitrogens with two attached hydrogens (primary N) is 1. The van der Waals surface area contributed by atoms with Crippen LogP contribution in [-0.4, -0.2) is 43.6 Å². The zero-order valence-electron chi connectivity index (χ0n) is 17.8. The summed E-state index contributed by atoms with van der Waals surface area (Å²) in [6.45, 7) is 4.93. The Morgan fingerprint density at radius 3 is 2.55 bits per heavy atom. The van der Waals surface area contributed by atoms with Gasteiger partial charge in [-0.05, 0) is 61.4 Å². The van der Waals surface area contributed by atoms with E-state index >= 15 is 0 Å². The van der Waals surface area contributed by atoms with Crippen LogP contribution < -0.4 is 5.73 Å². The first-order valence-electron chi connectivity index (χ1n) is 10.7. The maximum absolute atomic E-state index is 13.1. The monoisotopic (exact) mass is 464 g/mol. The van der Waals surface area contributed by atoms with Crippen molar-refractivity contribution in [3.05, 3.63) is 57.6 Å². The number of phenolic OH excluding ortho intramolecular Hbond substituents is 1. The number of sulfonamides is 1. The summed E-state index contributed by atoms with van der Waals surface area (Å²) in [5.41, 5.74) is 9.59. The zero-order chi connectivity index (χ0) is 22.3. The van der Waals surface area contributed by atoms with E-state index in [4.69, 9.17) is 22.1 Å². The van der Waals surface area contributed by atoms with E-state index in [0.29, 0.717) is 44.6 Å². The molecule has 0 aromatic heterocycles. The first-order valence-corrected chi connectivity index (χ1v) is 12.5. The fourth-order valence-corrected chi connectivity index (χ4v) is 6.76. The smallest absolute Gasteiger partial charge is 0.244 e. The zero-order valence-corrected chi connectivity index (χ0v) is 19.4. The third-order valence-corrected chi connectivity index (χ3v) is 8.94. The van der Waals surface area contributed by atoms with Crippen LogP contribution in [0.2, 0.25) is 5.02 Å². The molecule has 0 spiro atoms. The van der Waals surface area contributed by atoms with Gasteiger partial charge in [0.1, 0.15) is 10.6 Å².